The van der Waals surface area contributed by atoms with Gasteiger partial charge < -0.3 is 15.5 Å². The van der Waals surface area contributed by atoms with Gasteiger partial charge in [-0.1, -0.05) is 18.7 Å². The molecule has 4 aromatic rings. The predicted molar refractivity (Wildman–Crippen MR) is 156 cm³/mol. The molecule has 14 heteroatoms. The van der Waals surface area contributed by atoms with E-state index >= 15 is 4.39 Å². The van der Waals surface area contributed by atoms with Crippen LogP contribution in [0.2, 0.25) is 0 Å². The Labute approximate surface area is 240 Å². The first-order valence-electron chi connectivity index (χ1n) is 13.4. The number of rotatable bonds is 6. The van der Waals surface area contributed by atoms with Crippen LogP contribution in [0.4, 0.5) is 16.0 Å². The number of sulfone groups is 1. The van der Waals surface area contributed by atoms with Crippen molar-refractivity contribution in [3.05, 3.63) is 65.0 Å². The number of aromatic nitrogens is 5. The van der Waals surface area contributed by atoms with Crippen molar-refractivity contribution >= 4 is 38.4 Å². The third-order valence-electron chi connectivity index (χ3n) is 7.78. The lowest BCUT2D eigenvalue weighted by molar-refractivity contribution is -0.126. The summed E-state index contributed by atoms with van der Waals surface area (Å²) in [5, 5.41) is 6.64. The summed E-state index contributed by atoms with van der Waals surface area (Å²) in [7, 11) is -3.80. The summed E-state index contributed by atoms with van der Waals surface area (Å²) in [6.45, 7) is 6.41. The Morgan fingerprint density at radius 1 is 1.24 bits per heavy atom. The zero-order chi connectivity index (χ0) is 29.9. The molecular weight excluding hydrogens is 563 g/mol. The first-order valence-corrected chi connectivity index (χ1v) is 15.3. The molecule has 4 heterocycles. The Morgan fingerprint density at radius 3 is 2.62 bits per heavy atom. The minimum absolute atomic E-state index is 0.0248. The second-order valence-corrected chi connectivity index (χ2v) is 12.7. The van der Waals surface area contributed by atoms with Crippen LogP contribution in [-0.2, 0) is 14.6 Å². The van der Waals surface area contributed by atoms with Crippen LogP contribution in [0.1, 0.15) is 31.2 Å². The number of halogens is 1. The van der Waals surface area contributed by atoms with E-state index in [1.165, 1.54) is 29.0 Å². The quantitative estimate of drug-likeness (QED) is 0.321. The van der Waals surface area contributed by atoms with Crippen LogP contribution in [-0.4, -0.2) is 75.9 Å². The Hall–Kier alpha value is -4.59. The molecule has 2 aliphatic rings. The van der Waals surface area contributed by atoms with E-state index in [0.717, 1.165) is 19.1 Å². The van der Waals surface area contributed by atoms with E-state index in [-0.39, 0.29) is 62.4 Å². The molecule has 6 rings (SSSR count). The number of anilines is 2. The third-order valence-corrected chi connectivity index (χ3v) is 8.91. The number of H-pyrrole nitrogens is 1. The molecule has 0 radical (unpaired) electrons. The van der Waals surface area contributed by atoms with Gasteiger partial charge in [-0.05, 0) is 49.5 Å². The van der Waals surface area contributed by atoms with Crippen LogP contribution < -0.4 is 16.3 Å². The lowest BCUT2D eigenvalue weighted by Crippen LogP contribution is -2.54. The van der Waals surface area contributed by atoms with Gasteiger partial charge in [0.15, 0.2) is 21.3 Å². The number of nitrogens with zero attached hydrogens (tertiary/aromatic N) is 6. The zero-order valence-corrected chi connectivity index (χ0v) is 23.9. The van der Waals surface area contributed by atoms with E-state index in [1.54, 1.807) is 17.0 Å². The molecule has 3 aromatic heterocycles. The van der Waals surface area contributed by atoms with Gasteiger partial charge in [0.2, 0.25) is 5.91 Å². The topological polar surface area (TPSA) is 160 Å². The van der Waals surface area contributed by atoms with Crippen molar-refractivity contribution in [2.24, 2.45) is 0 Å². The average Bonchev–Trinajstić information content (AvgIpc) is 3.71. The van der Waals surface area contributed by atoms with E-state index in [0.29, 0.717) is 25.2 Å². The molecular formula is C28H29FN8O4S. The summed E-state index contributed by atoms with van der Waals surface area (Å²) < 4.78 is 43.0. The van der Waals surface area contributed by atoms with Crippen LogP contribution in [0, 0.1) is 5.82 Å². The van der Waals surface area contributed by atoms with Crippen molar-refractivity contribution in [3.8, 4) is 16.9 Å². The molecule has 1 saturated heterocycles. The molecule has 1 aromatic carbocycles. The first-order chi connectivity index (χ1) is 20.0. The normalized spacial score (nSPS) is 17.5. The smallest absolute Gasteiger partial charge is 0.355 e. The fraction of sp³-hybridized carbons (Fsp3) is 0.321. The molecule has 1 aliphatic heterocycles. The number of hydrogen-bond acceptors (Lipinski definition) is 9. The molecule has 12 nitrogen and oxygen atoms in total. The summed E-state index contributed by atoms with van der Waals surface area (Å²) in [6, 6.07) is 5.84. The second kappa shape index (κ2) is 10.0. The Bertz CT molecular complexity index is 1930. The summed E-state index contributed by atoms with van der Waals surface area (Å²) >= 11 is 0. The first kappa shape index (κ1) is 27.6. The van der Waals surface area contributed by atoms with E-state index in [4.69, 9.17) is 5.73 Å². The minimum atomic E-state index is -3.80. The lowest BCUT2D eigenvalue weighted by Gasteiger charge is -2.40. The fourth-order valence-electron chi connectivity index (χ4n) is 5.60. The van der Waals surface area contributed by atoms with Gasteiger partial charge in [0.1, 0.15) is 17.3 Å². The number of hydrogen-bond donors (Lipinski definition) is 2. The van der Waals surface area contributed by atoms with Gasteiger partial charge in [0.25, 0.3) is 0 Å². The molecule has 2 fully saturated rings. The van der Waals surface area contributed by atoms with Crippen molar-refractivity contribution < 1.29 is 17.6 Å². The van der Waals surface area contributed by atoms with Crippen LogP contribution >= 0.6 is 0 Å². The number of amides is 1. The van der Waals surface area contributed by atoms with E-state index in [9.17, 15) is 18.0 Å². The van der Waals surface area contributed by atoms with Crippen molar-refractivity contribution in [1.29, 1.82) is 0 Å². The molecule has 42 heavy (non-hydrogen) atoms. The molecule has 0 bridgehead atoms. The number of pyridine rings is 1. The molecule has 0 unspecified atom stereocenters. The monoisotopic (exact) mass is 592 g/mol. The Morgan fingerprint density at radius 2 is 2.00 bits per heavy atom. The molecule has 1 atom stereocenters. The number of nitrogens with one attached hydrogen (secondary N) is 1. The maximum absolute atomic E-state index is 15.8. The number of nitrogens with two attached hydrogens (primary N) is 1. The fourth-order valence-corrected chi connectivity index (χ4v) is 6.49. The van der Waals surface area contributed by atoms with Crippen LogP contribution in [0.3, 0.4) is 0 Å². The molecule has 1 aliphatic carbocycles. The summed E-state index contributed by atoms with van der Waals surface area (Å²) in [5.74, 6) is -0.614. The molecule has 218 valence electrons. The number of piperazine rings is 1. The van der Waals surface area contributed by atoms with Crippen LogP contribution in [0.5, 0.6) is 0 Å². The SMILES string of the molecule is C=CC(=O)N1CCN(c2nc(=O)n(-c3c(C4CC4)cccc3S(C)(=O)=O)c3nc(-c4cn[nH]c4N)c(F)cc23)[C@@H](C)C1. The second-order valence-electron chi connectivity index (χ2n) is 10.7. The van der Waals surface area contributed by atoms with E-state index < -0.39 is 21.3 Å². The van der Waals surface area contributed by atoms with Crippen molar-refractivity contribution in [1.82, 2.24) is 29.6 Å². The summed E-state index contributed by atoms with van der Waals surface area (Å²) in [6.07, 6.45) is 5.32. The van der Waals surface area contributed by atoms with Gasteiger partial charge in [-0.15, -0.1) is 0 Å². The van der Waals surface area contributed by atoms with Gasteiger partial charge in [-0.2, -0.15) is 10.1 Å². The Kier molecular flexibility index (Phi) is 6.60. The number of carbonyl (C=O) groups is 1. The highest BCUT2D eigenvalue weighted by molar-refractivity contribution is 7.90. The Balaban J connectivity index is 1.66. The highest BCUT2D eigenvalue weighted by Crippen LogP contribution is 2.45. The zero-order valence-electron chi connectivity index (χ0n) is 23.0. The van der Waals surface area contributed by atoms with Gasteiger partial charge in [-0.3, -0.25) is 9.89 Å². The standard InChI is InChI=1S/C28H29FN8O4S/c1-4-22(38)35-10-11-36(15(2)14-35)26-18-12-20(29)23(19-13-31-34-25(19)30)32-27(18)37(28(39)33-26)24-17(16-8-9-16)6-5-7-21(24)42(3,40)41/h4-7,12-13,15-16H,1,8-11,14H2,2-3H3,(H3,30,31,34)/t15-/m0/s1. The van der Waals surface area contributed by atoms with Crippen molar-refractivity contribution in [2.75, 3.05) is 36.5 Å². The summed E-state index contributed by atoms with van der Waals surface area (Å²) in [4.78, 5) is 38.7. The molecule has 0 spiro atoms. The van der Waals surface area contributed by atoms with Crippen molar-refractivity contribution in [3.63, 3.8) is 0 Å². The van der Waals surface area contributed by atoms with Gasteiger partial charge >= 0.3 is 5.69 Å². The average molecular weight is 593 g/mol. The lowest BCUT2D eigenvalue weighted by atomic mass is 10.1. The van der Waals surface area contributed by atoms with E-state index in [2.05, 4.69) is 26.7 Å². The third kappa shape index (κ3) is 4.61. The largest absolute Gasteiger partial charge is 0.384 e. The number of aromatic amines is 1. The van der Waals surface area contributed by atoms with E-state index in [1.807, 2.05) is 11.8 Å². The van der Waals surface area contributed by atoms with Crippen LogP contribution in [0.15, 0.2) is 52.8 Å². The number of nitrogen functional groups attached to an aromatic ring is 1. The predicted octanol–water partition coefficient (Wildman–Crippen LogP) is 2.40. The molecule has 1 saturated carbocycles. The van der Waals surface area contributed by atoms with Gasteiger partial charge in [-0.25, -0.2) is 27.2 Å². The maximum Gasteiger partial charge on any atom is 0.355 e. The highest BCUT2D eigenvalue weighted by Gasteiger charge is 2.34. The highest BCUT2D eigenvalue weighted by atomic mass is 32.2. The van der Waals surface area contributed by atoms with Crippen LogP contribution in [0.25, 0.3) is 28.0 Å². The molecule has 1 amide bonds. The van der Waals surface area contributed by atoms with Gasteiger partial charge in [0.05, 0.1) is 27.7 Å². The van der Waals surface area contributed by atoms with Crippen molar-refractivity contribution in [2.45, 2.75) is 36.6 Å². The number of para-hydroxylation sites is 1. The number of benzene rings is 1. The number of carbonyl (C=O) groups excluding carboxylic acids is 1. The maximum atomic E-state index is 15.8. The summed E-state index contributed by atoms with van der Waals surface area (Å²) in [5.41, 5.74) is 6.13. The molecule has 3 N–H and O–H groups in total. The van der Waals surface area contributed by atoms with Gasteiger partial charge in [0, 0.05) is 31.9 Å². The minimum Gasteiger partial charge on any atom is -0.384 e. The number of fused-ring (bicyclic) bond motifs is 1.